The molecule has 0 heterocycles. The lowest BCUT2D eigenvalue weighted by Crippen LogP contribution is -2.51. The molecule has 108 valence electrons. The predicted molar refractivity (Wildman–Crippen MR) is 68.3 cm³/mol. The van der Waals surface area contributed by atoms with E-state index in [9.17, 15) is 14.4 Å². The number of hydrogen-bond donors (Lipinski definition) is 3. The molecule has 1 fully saturated rings. The molecule has 1 rings (SSSR count). The van der Waals surface area contributed by atoms with Gasteiger partial charge in [0.05, 0.1) is 0 Å². The number of urea groups is 1. The van der Waals surface area contributed by atoms with Crippen LogP contribution >= 0.6 is 0 Å². The summed E-state index contributed by atoms with van der Waals surface area (Å²) < 4.78 is 0. The number of rotatable bonds is 7. The highest BCUT2D eigenvalue weighted by atomic mass is 16.4. The maximum atomic E-state index is 12.0. The van der Waals surface area contributed by atoms with Crippen molar-refractivity contribution >= 4 is 17.9 Å². The minimum absolute atomic E-state index is 0.00377. The molecule has 0 bridgehead atoms. The molecular weight excluding hydrogens is 250 g/mol. The summed E-state index contributed by atoms with van der Waals surface area (Å²) in [7, 11) is 0. The lowest BCUT2D eigenvalue weighted by molar-refractivity contribution is -0.139. The molecule has 4 N–H and O–H groups in total. The Labute approximate surface area is 112 Å². The number of carboxylic acid groups (broad SMARTS) is 1. The monoisotopic (exact) mass is 271 g/mol. The van der Waals surface area contributed by atoms with Gasteiger partial charge in [0.15, 0.2) is 0 Å². The van der Waals surface area contributed by atoms with E-state index in [4.69, 9.17) is 10.8 Å². The van der Waals surface area contributed by atoms with Gasteiger partial charge in [0.2, 0.25) is 5.91 Å². The highest BCUT2D eigenvalue weighted by Gasteiger charge is 2.38. The highest BCUT2D eigenvalue weighted by molar-refractivity contribution is 5.86. The van der Waals surface area contributed by atoms with Gasteiger partial charge < -0.3 is 21.1 Å². The van der Waals surface area contributed by atoms with Gasteiger partial charge in [0.25, 0.3) is 0 Å². The Morgan fingerprint density at radius 1 is 1.37 bits per heavy atom. The van der Waals surface area contributed by atoms with Crippen LogP contribution in [0.25, 0.3) is 0 Å². The third-order valence-corrected chi connectivity index (χ3v) is 2.86. The molecule has 0 aromatic rings. The van der Waals surface area contributed by atoms with Crippen LogP contribution in [0.3, 0.4) is 0 Å². The van der Waals surface area contributed by atoms with Crippen LogP contribution in [-0.2, 0) is 9.59 Å². The zero-order valence-electron chi connectivity index (χ0n) is 11.3. The third kappa shape index (κ3) is 5.15. The minimum Gasteiger partial charge on any atom is -0.480 e. The van der Waals surface area contributed by atoms with Crippen LogP contribution in [0.15, 0.2) is 0 Å². The number of carbonyl (C=O) groups excluding carboxylic acids is 2. The first-order valence-corrected chi connectivity index (χ1v) is 6.37. The van der Waals surface area contributed by atoms with Crippen molar-refractivity contribution in [3.05, 3.63) is 0 Å². The molecule has 7 heteroatoms. The van der Waals surface area contributed by atoms with Gasteiger partial charge in [-0.25, -0.2) is 9.59 Å². The van der Waals surface area contributed by atoms with Crippen molar-refractivity contribution in [3.8, 4) is 0 Å². The number of amides is 3. The Morgan fingerprint density at radius 3 is 2.32 bits per heavy atom. The molecule has 1 unspecified atom stereocenters. The Kier molecular flexibility index (Phi) is 5.14. The SMILES string of the molecule is CC(C)CN(CC(N)=O)C(=O)NC(C(=O)O)C1CC1. The summed E-state index contributed by atoms with van der Waals surface area (Å²) in [5, 5.41) is 11.5. The minimum atomic E-state index is -1.04. The first-order valence-electron chi connectivity index (χ1n) is 6.37. The Hall–Kier alpha value is -1.79. The molecule has 1 aliphatic rings. The van der Waals surface area contributed by atoms with Crippen LogP contribution < -0.4 is 11.1 Å². The number of nitrogens with two attached hydrogens (primary N) is 1. The number of nitrogens with one attached hydrogen (secondary N) is 1. The molecule has 19 heavy (non-hydrogen) atoms. The van der Waals surface area contributed by atoms with Crippen LogP contribution in [0.1, 0.15) is 26.7 Å². The van der Waals surface area contributed by atoms with Crippen molar-refractivity contribution < 1.29 is 19.5 Å². The molecule has 0 radical (unpaired) electrons. The standard InChI is InChI=1S/C12H21N3O4/c1-7(2)5-15(6-9(13)16)12(19)14-10(11(17)18)8-3-4-8/h7-8,10H,3-6H2,1-2H3,(H2,13,16)(H,14,19)(H,17,18). The van der Waals surface area contributed by atoms with Gasteiger partial charge in [-0.3, -0.25) is 4.79 Å². The molecule has 0 aromatic carbocycles. The second kappa shape index (κ2) is 6.40. The van der Waals surface area contributed by atoms with Gasteiger partial charge >= 0.3 is 12.0 Å². The van der Waals surface area contributed by atoms with Gasteiger partial charge in [-0.2, -0.15) is 0 Å². The summed E-state index contributed by atoms with van der Waals surface area (Å²) in [5.41, 5.74) is 5.09. The van der Waals surface area contributed by atoms with Crippen LogP contribution in [-0.4, -0.2) is 47.0 Å². The Morgan fingerprint density at radius 2 is 1.95 bits per heavy atom. The number of carbonyl (C=O) groups is 3. The molecule has 1 saturated carbocycles. The van der Waals surface area contributed by atoms with E-state index in [-0.39, 0.29) is 18.4 Å². The maximum Gasteiger partial charge on any atom is 0.326 e. The average Bonchev–Trinajstić information content (AvgIpc) is 3.06. The predicted octanol–water partition coefficient (Wildman–Crippen LogP) is 0.00250. The number of nitrogens with zero attached hydrogens (tertiary/aromatic N) is 1. The molecule has 0 aliphatic heterocycles. The summed E-state index contributed by atoms with van der Waals surface area (Å²) in [6, 6.07) is -1.43. The number of carboxylic acids is 1. The van der Waals surface area contributed by atoms with E-state index in [2.05, 4.69) is 5.32 Å². The Balaban J connectivity index is 2.63. The van der Waals surface area contributed by atoms with Crippen molar-refractivity contribution in [2.24, 2.45) is 17.6 Å². The Bertz CT molecular complexity index is 366. The van der Waals surface area contributed by atoms with Crippen LogP contribution in [0.2, 0.25) is 0 Å². The van der Waals surface area contributed by atoms with E-state index >= 15 is 0 Å². The maximum absolute atomic E-state index is 12.0. The van der Waals surface area contributed by atoms with Gasteiger partial charge in [-0.1, -0.05) is 13.8 Å². The number of aliphatic carboxylic acids is 1. The van der Waals surface area contributed by atoms with Crippen LogP contribution in [0.4, 0.5) is 4.79 Å². The largest absolute Gasteiger partial charge is 0.480 e. The lowest BCUT2D eigenvalue weighted by atomic mass is 10.2. The fourth-order valence-electron chi connectivity index (χ4n) is 1.88. The summed E-state index contributed by atoms with van der Waals surface area (Å²) >= 11 is 0. The van der Waals surface area contributed by atoms with E-state index < -0.39 is 23.9 Å². The van der Waals surface area contributed by atoms with E-state index in [1.807, 2.05) is 13.8 Å². The topological polar surface area (TPSA) is 113 Å². The molecule has 0 saturated heterocycles. The van der Waals surface area contributed by atoms with Crippen molar-refractivity contribution in [1.29, 1.82) is 0 Å². The van der Waals surface area contributed by atoms with Gasteiger partial charge in [-0.05, 0) is 24.7 Å². The molecule has 0 aromatic heterocycles. The first kappa shape index (κ1) is 15.3. The van der Waals surface area contributed by atoms with Gasteiger partial charge in [0.1, 0.15) is 12.6 Å². The van der Waals surface area contributed by atoms with E-state index in [0.717, 1.165) is 12.8 Å². The fraction of sp³-hybridized carbons (Fsp3) is 0.750. The van der Waals surface area contributed by atoms with E-state index in [0.29, 0.717) is 6.54 Å². The number of hydrogen-bond acceptors (Lipinski definition) is 3. The van der Waals surface area contributed by atoms with Crippen molar-refractivity contribution in [2.45, 2.75) is 32.7 Å². The van der Waals surface area contributed by atoms with E-state index in [1.54, 1.807) is 0 Å². The average molecular weight is 271 g/mol. The molecular formula is C12H21N3O4. The zero-order valence-corrected chi connectivity index (χ0v) is 11.3. The van der Waals surface area contributed by atoms with Crippen molar-refractivity contribution in [3.63, 3.8) is 0 Å². The van der Waals surface area contributed by atoms with E-state index in [1.165, 1.54) is 4.90 Å². The molecule has 0 spiro atoms. The van der Waals surface area contributed by atoms with Gasteiger partial charge in [0, 0.05) is 6.54 Å². The van der Waals surface area contributed by atoms with Crippen molar-refractivity contribution in [1.82, 2.24) is 10.2 Å². The summed E-state index contributed by atoms with van der Waals surface area (Å²) in [4.78, 5) is 35.3. The lowest BCUT2D eigenvalue weighted by Gasteiger charge is -2.25. The second-order valence-corrected chi connectivity index (χ2v) is 5.34. The van der Waals surface area contributed by atoms with Gasteiger partial charge in [-0.15, -0.1) is 0 Å². The zero-order chi connectivity index (χ0) is 14.6. The number of primary amides is 1. The summed E-state index contributed by atoms with van der Waals surface area (Å²) in [6.07, 6.45) is 1.61. The van der Waals surface area contributed by atoms with Crippen LogP contribution in [0, 0.1) is 11.8 Å². The normalized spacial score (nSPS) is 15.9. The highest BCUT2D eigenvalue weighted by Crippen LogP contribution is 2.32. The third-order valence-electron chi connectivity index (χ3n) is 2.86. The van der Waals surface area contributed by atoms with Crippen molar-refractivity contribution in [2.75, 3.05) is 13.1 Å². The molecule has 7 nitrogen and oxygen atoms in total. The molecule has 1 atom stereocenters. The fourth-order valence-corrected chi connectivity index (χ4v) is 1.88. The smallest absolute Gasteiger partial charge is 0.326 e. The molecule has 1 aliphatic carbocycles. The summed E-state index contributed by atoms with van der Waals surface area (Å²) in [5.74, 6) is -1.50. The quantitative estimate of drug-likeness (QED) is 0.605. The summed E-state index contributed by atoms with van der Waals surface area (Å²) in [6.45, 7) is 3.94. The van der Waals surface area contributed by atoms with Crippen LogP contribution in [0.5, 0.6) is 0 Å². The first-order chi connectivity index (χ1) is 8.81. The second-order valence-electron chi connectivity index (χ2n) is 5.34. The molecule has 3 amide bonds.